The maximum atomic E-state index is 12.0. The molecule has 0 radical (unpaired) electrons. The van der Waals surface area contributed by atoms with E-state index in [9.17, 15) is 9.59 Å². The van der Waals surface area contributed by atoms with E-state index in [-0.39, 0.29) is 6.61 Å². The summed E-state index contributed by atoms with van der Waals surface area (Å²) in [7, 11) is 0. The summed E-state index contributed by atoms with van der Waals surface area (Å²) in [5.41, 5.74) is 5.01. The number of halogens is 1. The first-order valence-electron chi connectivity index (χ1n) is 7.40. The van der Waals surface area contributed by atoms with Gasteiger partial charge in [-0.2, -0.15) is 0 Å². The number of hydrazine groups is 1. The van der Waals surface area contributed by atoms with Crippen molar-refractivity contribution in [3.63, 3.8) is 0 Å². The van der Waals surface area contributed by atoms with Crippen LogP contribution in [0.3, 0.4) is 0 Å². The molecule has 0 aliphatic rings. The molecule has 2 amide bonds. The Morgan fingerprint density at radius 1 is 0.960 bits per heavy atom. The molecule has 0 aliphatic carbocycles. The molecular weight excluding hydrogens is 388 g/mol. The molecule has 0 aromatic heterocycles. The Kier molecular flexibility index (Phi) is 7.03. The van der Waals surface area contributed by atoms with Crippen molar-refractivity contribution in [1.82, 2.24) is 10.9 Å². The van der Waals surface area contributed by atoms with E-state index < -0.39 is 11.8 Å². The fraction of sp³-hybridized carbons (Fsp3) is 0.111. The average molecular weight is 405 g/mol. The fourth-order valence-corrected chi connectivity index (χ4v) is 2.04. The second kappa shape index (κ2) is 9.48. The topological polar surface area (TPSA) is 76.7 Å². The SMILES string of the molecule is C=CCOc1ccc(C(=O)NNC(=O)COc2ccc(Br)cc2)cc1. The van der Waals surface area contributed by atoms with Gasteiger partial charge in [0.2, 0.25) is 0 Å². The Morgan fingerprint density at radius 2 is 1.56 bits per heavy atom. The summed E-state index contributed by atoms with van der Waals surface area (Å²) in [4.78, 5) is 23.7. The maximum absolute atomic E-state index is 12.0. The van der Waals surface area contributed by atoms with Crippen LogP contribution in [0.2, 0.25) is 0 Å². The van der Waals surface area contributed by atoms with Gasteiger partial charge in [-0.3, -0.25) is 20.4 Å². The predicted molar refractivity (Wildman–Crippen MR) is 97.4 cm³/mol. The highest BCUT2D eigenvalue weighted by molar-refractivity contribution is 9.10. The van der Waals surface area contributed by atoms with Crippen molar-refractivity contribution >= 4 is 27.7 Å². The second-order valence-corrected chi connectivity index (χ2v) is 5.78. The minimum absolute atomic E-state index is 0.212. The van der Waals surface area contributed by atoms with Crippen molar-refractivity contribution in [2.45, 2.75) is 0 Å². The average Bonchev–Trinajstić information content (AvgIpc) is 2.64. The minimum atomic E-state index is -0.470. The first-order valence-corrected chi connectivity index (χ1v) is 8.19. The van der Waals surface area contributed by atoms with Gasteiger partial charge in [-0.25, -0.2) is 0 Å². The molecule has 0 atom stereocenters. The van der Waals surface area contributed by atoms with Gasteiger partial charge >= 0.3 is 0 Å². The maximum Gasteiger partial charge on any atom is 0.276 e. The molecule has 0 saturated carbocycles. The summed E-state index contributed by atoms with van der Waals surface area (Å²) in [5.74, 6) is 0.276. The number of nitrogens with one attached hydrogen (secondary N) is 2. The molecule has 7 heteroatoms. The summed E-state index contributed by atoms with van der Waals surface area (Å²) >= 11 is 3.31. The predicted octanol–water partition coefficient (Wildman–Crippen LogP) is 2.85. The van der Waals surface area contributed by atoms with Crippen LogP contribution in [0, 0.1) is 0 Å². The molecular formula is C18H17BrN2O4. The smallest absolute Gasteiger partial charge is 0.276 e. The molecule has 0 saturated heterocycles. The fourth-order valence-electron chi connectivity index (χ4n) is 1.77. The van der Waals surface area contributed by atoms with Crippen molar-refractivity contribution in [3.05, 3.63) is 71.2 Å². The zero-order valence-corrected chi connectivity index (χ0v) is 14.9. The van der Waals surface area contributed by atoms with E-state index in [1.165, 1.54) is 0 Å². The van der Waals surface area contributed by atoms with Gasteiger partial charge in [-0.1, -0.05) is 28.6 Å². The summed E-state index contributed by atoms with van der Waals surface area (Å²) in [5, 5.41) is 0. The first-order chi connectivity index (χ1) is 12.1. The van der Waals surface area contributed by atoms with Crippen LogP contribution < -0.4 is 20.3 Å². The van der Waals surface area contributed by atoms with Crippen molar-refractivity contribution in [1.29, 1.82) is 0 Å². The van der Waals surface area contributed by atoms with Gasteiger partial charge in [0.1, 0.15) is 18.1 Å². The third-order valence-electron chi connectivity index (χ3n) is 2.98. The number of ether oxygens (including phenoxy) is 2. The van der Waals surface area contributed by atoms with Gasteiger partial charge in [0.25, 0.3) is 11.8 Å². The third kappa shape index (κ3) is 6.31. The molecule has 0 bridgehead atoms. The Hall–Kier alpha value is -2.80. The Balaban J connectivity index is 1.75. The second-order valence-electron chi connectivity index (χ2n) is 4.87. The van der Waals surface area contributed by atoms with Gasteiger partial charge < -0.3 is 9.47 Å². The van der Waals surface area contributed by atoms with Crippen LogP contribution in [0.4, 0.5) is 0 Å². The lowest BCUT2D eigenvalue weighted by Crippen LogP contribution is -2.43. The lowest BCUT2D eigenvalue weighted by atomic mass is 10.2. The molecule has 2 aromatic rings. The Bertz CT molecular complexity index is 730. The molecule has 2 rings (SSSR count). The van der Waals surface area contributed by atoms with Crippen LogP contribution in [0.15, 0.2) is 65.7 Å². The zero-order chi connectivity index (χ0) is 18.1. The van der Waals surface area contributed by atoms with Crippen LogP contribution in [0.1, 0.15) is 10.4 Å². The number of benzene rings is 2. The van der Waals surface area contributed by atoms with E-state index in [0.29, 0.717) is 23.7 Å². The van der Waals surface area contributed by atoms with E-state index in [1.807, 2.05) is 0 Å². The number of hydrogen-bond donors (Lipinski definition) is 2. The van der Waals surface area contributed by atoms with Crippen molar-refractivity contribution < 1.29 is 19.1 Å². The highest BCUT2D eigenvalue weighted by atomic mass is 79.9. The van der Waals surface area contributed by atoms with Gasteiger partial charge in [0.05, 0.1) is 0 Å². The highest BCUT2D eigenvalue weighted by Gasteiger charge is 2.08. The summed E-state index contributed by atoms with van der Waals surface area (Å²) in [6.45, 7) is 3.74. The molecule has 2 aromatic carbocycles. The van der Waals surface area contributed by atoms with Crippen molar-refractivity contribution in [2.75, 3.05) is 13.2 Å². The molecule has 6 nitrogen and oxygen atoms in total. The zero-order valence-electron chi connectivity index (χ0n) is 13.3. The van der Waals surface area contributed by atoms with Crippen molar-refractivity contribution in [2.24, 2.45) is 0 Å². The largest absolute Gasteiger partial charge is 0.490 e. The quantitative estimate of drug-likeness (QED) is 0.549. The molecule has 0 aliphatic heterocycles. The van der Waals surface area contributed by atoms with Crippen LogP contribution in [0.25, 0.3) is 0 Å². The first kappa shape index (κ1) is 18.5. The molecule has 130 valence electrons. The summed E-state index contributed by atoms with van der Waals surface area (Å²) in [6.07, 6.45) is 1.63. The highest BCUT2D eigenvalue weighted by Crippen LogP contribution is 2.15. The summed E-state index contributed by atoms with van der Waals surface area (Å²) in [6, 6.07) is 13.6. The third-order valence-corrected chi connectivity index (χ3v) is 3.51. The van der Waals surface area contributed by atoms with Gasteiger partial charge in [0, 0.05) is 10.0 Å². The Morgan fingerprint density at radius 3 is 2.20 bits per heavy atom. The Labute approximate surface area is 153 Å². The molecule has 0 heterocycles. The lowest BCUT2D eigenvalue weighted by Gasteiger charge is -2.09. The number of carbonyl (C=O) groups excluding carboxylic acids is 2. The minimum Gasteiger partial charge on any atom is -0.490 e. The van der Waals surface area contributed by atoms with E-state index in [4.69, 9.17) is 9.47 Å². The molecule has 0 fully saturated rings. The number of hydrogen-bond acceptors (Lipinski definition) is 4. The standard InChI is InChI=1S/C18H17BrN2O4/c1-2-11-24-15-7-3-13(4-8-15)18(23)21-20-17(22)12-25-16-9-5-14(19)6-10-16/h2-10H,1,11-12H2,(H,20,22)(H,21,23). The molecule has 25 heavy (non-hydrogen) atoms. The van der Waals surface area contributed by atoms with Gasteiger partial charge in [0.15, 0.2) is 6.61 Å². The summed E-state index contributed by atoms with van der Waals surface area (Å²) < 4.78 is 11.6. The number of carbonyl (C=O) groups is 2. The lowest BCUT2D eigenvalue weighted by molar-refractivity contribution is -0.123. The van der Waals surface area contributed by atoms with Crippen LogP contribution in [0.5, 0.6) is 11.5 Å². The van der Waals surface area contributed by atoms with Crippen molar-refractivity contribution in [3.8, 4) is 11.5 Å². The number of rotatable bonds is 7. The van der Waals surface area contributed by atoms with E-state index in [0.717, 1.165) is 4.47 Å². The van der Waals surface area contributed by atoms with Gasteiger partial charge in [-0.05, 0) is 48.5 Å². The normalized spacial score (nSPS) is 9.80. The molecule has 2 N–H and O–H groups in total. The monoisotopic (exact) mass is 404 g/mol. The van der Waals surface area contributed by atoms with E-state index in [2.05, 4.69) is 33.4 Å². The van der Waals surface area contributed by atoms with Crippen LogP contribution in [-0.2, 0) is 4.79 Å². The molecule has 0 spiro atoms. The number of amides is 2. The van der Waals surface area contributed by atoms with E-state index in [1.54, 1.807) is 54.6 Å². The molecule has 0 unspecified atom stereocenters. The van der Waals surface area contributed by atoms with Crippen LogP contribution >= 0.6 is 15.9 Å². The van der Waals surface area contributed by atoms with Gasteiger partial charge in [-0.15, -0.1) is 0 Å². The van der Waals surface area contributed by atoms with E-state index >= 15 is 0 Å². The van der Waals surface area contributed by atoms with Crippen LogP contribution in [-0.4, -0.2) is 25.0 Å².